The number of hydrogen-bond acceptors (Lipinski definition) is 3. The number of benzene rings is 1. The lowest BCUT2D eigenvalue weighted by atomic mass is 10.1. The molecule has 1 aromatic rings. The standard InChI is InChI=1S/C14H18O3/c1-4-9-17-13-10-11(2)5-6-12(13)7-8-14(15)16-3/h5-8,10H,4,9H2,1-3H3. The highest BCUT2D eigenvalue weighted by Gasteiger charge is 2.02. The van der Waals surface area contributed by atoms with E-state index in [1.807, 2.05) is 25.1 Å². The van der Waals surface area contributed by atoms with Crippen LogP contribution in [0.25, 0.3) is 6.08 Å². The van der Waals surface area contributed by atoms with Crippen molar-refractivity contribution in [2.75, 3.05) is 13.7 Å². The molecule has 92 valence electrons. The van der Waals surface area contributed by atoms with E-state index >= 15 is 0 Å². The first-order valence-electron chi connectivity index (χ1n) is 5.67. The molecule has 0 bridgehead atoms. The number of rotatable bonds is 5. The Bertz CT molecular complexity index is 408. The molecule has 1 rings (SSSR count). The Morgan fingerprint density at radius 2 is 2.18 bits per heavy atom. The van der Waals surface area contributed by atoms with Crippen LogP contribution in [-0.2, 0) is 9.53 Å². The van der Waals surface area contributed by atoms with Gasteiger partial charge >= 0.3 is 5.97 Å². The summed E-state index contributed by atoms with van der Waals surface area (Å²) in [6.07, 6.45) is 4.05. The van der Waals surface area contributed by atoms with Crippen molar-refractivity contribution in [2.45, 2.75) is 20.3 Å². The van der Waals surface area contributed by atoms with Crippen LogP contribution in [0.15, 0.2) is 24.3 Å². The van der Waals surface area contributed by atoms with Gasteiger partial charge in [0.2, 0.25) is 0 Å². The maximum absolute atomic E-state index is 11.0. The molecule has 1 aromatic carbocycles. The molecule has 0 heterocycles. The Balaban J connectivity index is 2.89. The Kier molecular flexibility index (Phi) is 5.27. The number of esters is 1. The summed E-state index contributed by atoms with van der Waals surface area (Å²) in [6, 6.07) is 5.88. The van der Waals surface area contributed by atoms with Crippen LogP contribution in [-0.4, -0.2) is 19.7 Å². The molecule has 0 N–H and O–H groups in total. The van der Waals surface area contributed by atoms with Gasteiger partial charge in [-0.05, 0) is 31.1 Å². The molecule has 0 fully saturated rings. The first-order chi connectivity index (χ1) is 8.17. The second kappa shape index (κ2) is 6.74. The van der Waals surface area contributed by atoms with Gasteiger partial charge in [-0.2, -0.15) is 0 Å². The number of ether oxygens (including phenoxy) is 2. The summed E-state index contributed by atoms with van der Waals surface area (Å²) in [5, 5.41) is 0. The van der Waals surface area contributed by atoms with Crippen molar-refractivity contribution in [3.05, 3.63) is 35.4 Å². The van der Waals surface area contributed by atoms with Gasteiger partial charge in [-0.25, -0.2) is 4.79 Å². The topological polar surface area (TPSA) is 35.5 Å². The van der Waals surface area contributed by atoms with Crippen LogP contribution in [0.2, 0.25) is 0 Å². The molecule has 0 amide bonds. The molecule has 17 heavy (non-hydrogen) atoms. The van der Waals surface area contributed by atoms with Gasteiger partial charge in [-0.15, -0.1) is 0 Å². The van der Waals surface area contributed by atoms with E-state index in [1.165, 1.54) is 13.2 Å². The third-order valence-electron chi connectivity index (χ3n) is 2.23. The summed E-state index contributed by atoms with van der Waals surface area (Å²) in [4.78, 5) is 11.0. The zero-order valence-corrected chi connectivity index (χ0v) is 10.5. The molecule has 0 aliphatic heterocycles. The lowest BCUT2D eigenvalue weighted by molar-refractivity contribution is -0.134. The van der Waals surface area contributed by atoms with Crippen LogP contribution in [0.4, 0.5) is 0 Å². The number of hydrogen-bond donors (Lipinski definition) is 0. The van der Waals surface area contributed by atoms with Crippen LogP contribution < -0.4 is 4.74 Å². The average Bonchev–Trinajstić information content (AvgIpc) is 2.34. The molecule has 0 aliphatic carbocycles. The Morgan fingerprint density at radius 1 is 1.41 bits per heavy atom. The van der Waals surface area contributed by atoms with Crippen LogP contribution in [0.3, 0.4) is 0 Å². The van der Waals surface area contributed by atoms with E-state index in [-0.39, 0.29) is 5.97 Å². The van der Waals surface area contributed by atoms with E-state index in [9.17, 15) is 4.79 Å². The maximum Gasteiger partial charge on any atom is 0.330 e. The smallest absolute Gasteiger partial charge is 0.330 e. The Morgan fingerprint density at radius 3 is 2.82 bits per heavy atom. The maximum atomic E-state index is 11.0. The minimum absolute atomic E-state index is 0.369. The van der Waals surface area contributed by atoms with Gasteiger partial charge in [-0.1, -0.05) is 19.1 Å². The largest absolute Gasteiger partial charge is 0.493 e. The molecule has 0 radical (unpaired) electrons. The normalized spacial score (nSPS) is 10.5. The summed E-state index contributed by atoms with van der Waals surface area (Å²) < 4.78 is 10.2. The van der Waals surface area contributed by atoms with E-state index in [4.69, 9.17) is 4.74 Å². The quantitative estimate of drug-likeness (QED) is 0.580. The monoisotopic (exact) mass is 234 g/mol. The molecule has 0 saturated heterocycles. The van der Waals surface area contributed by atoms with Gasteiger partial charge in [0, 0.05) is 11.6 Å². The molecule has 3 nitrogen and oxygen atoms in total. The van der Waals surface area contributed by atoms with Gasteiger partial charge in [0.1, 0.15) is 5.75 Å². The van der Waals surface area contributed by atoms with Gasteiger partial charge in [0.25, 0.3) is 0 Å². The van der Waals surface area contributed by atoms with E-state index in [1.54, 1.807) is 6.08 Å². The van der Waals surface area contributed by atoms with Gasteiger partial charge in [-0.3, -0.25) is 0 Å². The fourth-order valence-corrected chi connectivity index (χ4v) is 1.34. The molecular weight excluding hydrogens is 216 g/mol. The summed E-state index contributed by atoms with van der Waals surface area (Å²) in [7, 11) is 1.36. The Hall–Kier alpha value is -1.77. The van der Waals surface area contributed by atoms with Crippen molar-refractivity contribution in [1.82, 2.24) is 0 Å². The zero-order valence-electron chi connectivity index (χ0n) is 10.5. The minimum Gasteiger partial charge on any atom is -0.493 e. The SMILES string of the molecule is CCCOc1cc(C)ccc1C=CC(=O)OC. The third-order valence-corrected chi connectivity index (χ3v) is 2.23. The lowest BCUT2D eigenvalue weighted by Crippen LogP contribution is -1.98. The van der Waals surface area contributed by atoms with E-state index in [0.29, 0.717) is 6.61 Å². The zero-order chi connectivity index (χ0) is 12.7. The van der Waals surface area contributed by atoms with E-state index in [2.05, 4.69) is 11.7 Å². The number of carbonyl (C=O) groups excluding carboxylic acids is 1. The molecule has 0 saturated carbocycles. The van der Waals surface area contributed by atoms with Crippen LogP contribution in [0.5, 0.6) is 5.75 Å². The molecule has 0 aromatic heterocycles. The van der Waals surface area contributed by atoms with Gasteiger partial charge < -0.3 is 9.47 Å². The fraction of sp³-hybridized carbons (Fsp3) is 0.357. The van der Waals surface area contributed by atoms with Crippen molar-refractivity contribution >= 4 is 12.0 Å². The van der Waals surface area contributed by atoms with Gasteiger partial charge in [0.05, 0.1) is 13.7 Å². The van der Waals surface area contributed by atoms with Crippen molar-refractivity contribution in [2.24, 2.45) is 0 Å². The summed E-state index contributed by atoms with van der Waals surface area (Å²) in [6.45, 7) is 4.73. The number of methoxy groups -OCH3 is 1. The highest BCUT2D eigenvalue weighted by molar-refractivity contribution is 5.87. The first-order valence-corrected chi connectivity index (χ1v) is 5.67. The van der Waals surface area contributed by atoms with Crippen molar-refractivity contribution in [1.29, 1.82) is 0 Å². The lowest BCUT2D eigenvalue weighted by Gasteiger charge is -2.09. The highest BCUT2D eigenvalue weighted by atomic mass is 16.5. The highest BCUT2D eigenvalue weighted by Crippen LogP contribution is 2.22. The average molecular weight is 234 g/mol. The van der Waals surface area contributed by atoms with E-state index < -0.39 is 0 Å². The molecule has 0 aliphatic rings. The minimum atomic E-state index is -0.369. The number of aryl methyl sites for hydroxylation is 1. The molecule has 3 heteroatoms. The van der Waals surface area contributed by atoms with E-state index in [0.717, 1.165) is 23.3 Å². The van der Waals surface area contributed by atoms with Crippen molar-refractivity contribution in [3.8, 4) is 5.75 Å². The summed E-state index contributed by atoms with van der Waals surface area (Å²) >= 11 is 0. The molecule has 0 spiro atoms. The number of carbonyl (C=O) groups is 1. The second-order valence-electron chi connectivity index (χ2n) is 3.75. The molecule has 0 atom stereocenters. The van der Waals surface area contributed by atoms with Crippen LogP contribution >= 0.6 is 0 Å². The van der Waals surface area contributed by atoms with Crippen molar-refractivity contribution < 1.29 is 14.3 Å². The first kappa shape index (κ1) is 13.3. The van der Waals surface area contributed by atoms with Crippen LogP contribution in [0, 0.1) is 6.92 Å². The predicted molar refractivity (Wildman–Crippen MR) is 68.0 cm³/mol. The Labute approximate surface area is 102 Å². The molecular formula is C14H18O3. The third kappa shape index (κ3) is 4.31. The fourth-order valence-electron chi connectivity index (χ4n) is 1.34. The molecule has 0 unspecified atom stereocenters. The predicted octanol–water partition coefficient (Wildman–Crippen LogP) is 2.97. The summed E-state index contributed by atoms with van der Waals surface area (Å²) in [5.41, 5.74) is 2.01. The summed E-state index contributed by atoms with van der Waals surface area (Å²) in [5.74, 6) is 0.430. The van der Waals surface area contributed by atoms with Crippen molar-refractivity contribution in [3.63, 3.8) is 0 Å². The second-order valence-corrected chi connectivity index (χ2v) is 3.75. The van der Waals surface area contributed by atoms with Gasteiger partial charge in [0.15, 0.2) is 0 Å². The van der Waals surface area contributed by atoms with Crippen LogP contribution in [0.1, 0.15) is 24.5 Å².